The first-order valence-electron chi connectivity index (χ1n) is 6.47. The molecule has 0 aromatic heterocycles. The van der Waals surface area contributed by atoms with Crippen LogP contribution in [0.5, 0.6) is 5.75 Å². The van der Waals surface area contributed by atoms with Gasteiger partial charge in [0.25, 0.3) is 0 Å². The zero-order valence-electron chi connectivity index (χ0n) is 11.1. The van der Waals surface area contributed by atoms with Crippen LogP contribution in [-0.4, -0.2) is 49.3 Å². The summed E-state index contributed by atoms with van der Waals surface area (Å²) in [7, 11) is 1.64. The maximum Gasteiger partial charge on any atom is 0.119 e. The summed E-state index contributed by atoms with van der Waals surface area (Å²) in [4.78, 5) is 2.30. The lowest BCUT2D eigenvalue weighted by Crippen LogP contribution is -2.50. The van der Waals surface area contributed by atoms with E-state index in [4.69, 9.17) is 4.74 Å². The van der Waals surface area contributed by atoms with Crippen LogP contribution < -0.4 is 10.1 Å². The first-order chi connectivity index (χ1) is 8.69. The van der Waals surface area contributed by atoms with E-state index in [1.165, 1.54) is 0 Å². The van der Waals surface area contributed by atoms with Crippen LogP contribution in [-0.2, 0) is 0 Å². The van der Waals surface area contributed by atoms with E-state index < -0.39 is 6.10 Å². The maximum absolute atomic E-state index is 10.3. The number of aliphatic hydroxyl groups is 1. The normalized spacial score (nSPS) is 22.7. The third kappa shape index (κ3) is 3.45. The van der Waals surface area contributed by atoms with Crippen LogP contribution in [0.1, 0.15) is 18.6 Å². The number of nitrogens with one attached hydrogen (secondary N) is 1. The first-order valence-corrected chi connectivity index (χ1v) is 6.47. The monoisotopic (exact) mass is 250 g/mol. The highest BCUT2D eigenvalue weighted by Gasteiger charge is 2.19. The van der Waals surface area contributed by atoms with Crippen LogP contribution in [0, 0.1) is 0 Å². The largest absolute Gasteiger partial charge is 0.497 e. The molecule has 0 bridgehead atoms. The summed E-state index contributed by atoms with van der Waals surface area (Å²) in [6, 6.07) is 8.15. The highest BCUT2D eigenvalue weighted by atomic mass is 16.5. The van der Waals surface area contributed by atoms with Crippen LogP contribution in [0.3, 0.4) is 0 Å². The Kier molecular flexibility index (Phi) is 4.58. The number of hydrogen-bond acceptors (Lipinski definition) is 4. The fourth-order valence-electron chi connectivity index (χ4n) is 2.38. The Morgan fingerprint density at radius 1 is 1.56 bits per heavy atom. The molecular weight excluding hydrogens is 228 g/mol. The average molecular weight is 250 g/mol. The Bertz CT molecular complexity index is 384. The summed E-state index contributed by atoms with van der Waals surface area (Å²) in [5.41, 5.74) is 0.917. The van der Waals surface area contributed by atoms with Crippen molar-refractivity contribution in [2.75, 3.05) is 33.3 Å². The van der Waals surface area contributed by atoms with Gasteiger partial charge in [-0.05, 0) is 24.6 Å². The maximum atomic E-state index is 10.3. The van der Waals surface area contributed by atoms with Crippen LogP contribution in [0.15, 0.2) is 24.3 Å². The van der Waals surface area contributed by atoms with Crippen LogP contribution in [0.4, 0.5) is 0 Å². The van der Waals surface area contributed by atoms with Crippen molar-refractivity contribution in [1.82, 2.24) is 10.2 Å². The Hall–Kier alpha value is -1.10. The predicted octanol–water partition coefficient (Wildman–Crippen LogP) is 1.02. The summed E-state index contributed by atoms with van der Waals surface area (Å²) in [6.45, 7) is 5.82. The summed E-state index contributed by atoms with van der Waals surface area (Å²) in [5, 5.41) is 13.7. The molecule has 1 aromatic carbocycles. The second kappa shape index (κ2) is 6.18. The van der Waals surface area contributed by atoms with Crippen molar-refractivity contribution in [3.63, 3.8) is 0 Å². The van der Waals surface area contributed by atoms with Crippen LogP contribution in [0.2, 0.25) is 0 Å². The van der Waals surface area contributed by atoms with Crippen LogP contribution >= 0.6 is 0 Å². The van der Waals surface area contributed by atoms with Crippen molar-refractivity contribution < 1.29 is 9.84 Å². The van der Waals surface area contributed by atoms with Gasteiger partial charge in [-0.3, -0.25) is 4.90 Å². The van der Waals surface area contributed by atoms with Crippen LogP contribution in [0.25, 0.3) is 0 Å². The molecular formula is C14H22N2O2. The van der Waals surface area contributed by atoms with Crippen molar-refractivity contribution in [1.29, 1.82) is 0 Å². The molecule has 0 spiro atoms. The van der Waals surface area contributed by atoms with E-state index in [2.05, 4.69) is 17.1 Å². The molecule has 1 heterocycles. The molecule has 0 amide bonds. The number of benzene rings is 1. The highest BCUT2D eigenvalue weighted by molar-refractivity contribution is 5.29. The number of β-amino-alcohol motifs (C(OH)–C–C–N with tert-alkyl or cyclic N) is 1. The minimum absolute atomic E-state index is 0.453. The standard InChI is InChI=1S/C14H22N2O2/c1-11-9-16(7-6-15-11)10-14(17)12-4-3-5-13(8-12)18-2/h3-5,8,11,14-15,17H,6-7,9-10H2,1-2H3. The number of aliphatic hydroxyl groups excluding tert-OH is 1. The van der Waals surface area contributed by atoms with E-state index in [9.17, 15) is 5.11 Å². The van der Waals surface area contributed by atoms with E-state index in [-0.39, 0.29) is 0 Å². The van der Waals surface area contributed by atoms with Gasteiger partial charge in [-0.25, -0.2) is 0 Å². The van der Waals surface area contributed by atoms with Gasteiger partial charge in [0.15, 0.2) is 0 Å². The topological polar surface area (TPSA) is 44.7 Å². The van der Waals surface area contributed by atoms with Gasteiger partial charge in [-0.2, -0.15) is 0 Å². The highest BCUT2D eigenvalue weighted by Crippen LogP contribution is 2.20. The third-order valence-electron chi connectivity index (χ3n) is 3.36. The Morgan fingerprint density at radius 3 is 3.11 bits per heavy atom. The summed E-state index contributed by atoms with van der Waals surface area (Å²) in [5.74, 6) is 0.792. The third-order valence-corrected chi connectivity index (χ3v) is 3.36. The first kappa shape index (κ1) is 13.3. The van der Waals surface area contributed by atoms with Crippen molar-refractivity contribution in [3.8, 4) is 5.75 Å². The lowest BCUT2D eigenvalue weighted by Gasteiger charge is -2.33. The molecule has 2 N–H and O–H groups in total. The van der Waals surface area contributed by atoms with E-state index in [1.54, 1.807) is 7.11 Å². The summed E-state index contributed by atoms with van der Waals surface area (Å²) in [6.07, 6.45) is -0.453. The number of methoxy groups -OCH3 is 1. The molecule has 1 aliphatic rings. The van der Waals surface area contributed by atoms with Crippen molar-refractivity contribution in [2.24, 2.45) is 0 Å². The molecule has 4 nitrogen and oxygen atoms in total. The molecule has 0 saturated carbocycles. The van der Waals surface area contributed by atoms with Gasteiger partial charge in [0, 0.05) is 32.2 Å². The molecule has 4 heteroatoms. The molecule has 1 saturated heterocycles. The van der Waals surface area contributed by atoms with E-state index in [0.29, 0.717) is 12.6 Å². The summed E-state index contributed by atoms with van der Waals surface area (Å²) < 4.78 is 5.18. The summed E-state index contributed by atoms with van der Waals surface area (Å²) >= 11 is 0. The molecule has 1 fully saturated rings. The van der Waals surface area contributed by atoms with Gasteiger partial charge in [0.1, 0.15) is 5.75 Å². The lowest BCUT2D eigenvalue weighted by molar-refractivity contribution is 0.0960. The molecule has 0 radical (unpaired) electrons. The molecule has 18 heavy (non-hydrogen) atoms. The average Bonchev–Trinajstić information content (AvgIpc) is 2.39. The fourth-order valence-corrected chi connectivity index (χ4v) is 2.38. The van der Waals surface area contributed by atoms with Crippen molar-refractivity contribution >= 4 is 0 Å². The lowest BCUT2D eigenvalue weighted by atomic mass is 10.1. The molecule has 2 rings (SSSR count). The number of rotatable bonds is 4. The molecule has 1 aromatic rings. The molecule has 0 aliphatic carbocycles. The number of hydrogen-bond donors (Lipinski definition) is 2. The predicted molar refractivity (Wildman–Crippen MR) is 71.9 cm³/mol. The number of piperazine rings is 1. The molecule has 2 unspecified atom stereocenters. The van der Waals surface area contributed by atoms with E-state index in [1.807, 2.05) is 24.3 Å². The minimum Gasteiger partial charge on any atom is -0.497 e. The molecule has 2 atom stereocenters. The number of ether oxygens (including phenoxy) is 1. The van der Waals surface area contributed by atoms with Gasteiger partial charge in [-0.15, -0.1) is 0 Å². The van der Waals surface area contributed by atoms with Crippen molar-refractivity contribution in [2.45, 2.75) is 19.1 Å². The van der Waals surface area contributed by atoms with Gasteiger partial charge in [-0.1, -0.05) is 12.1 Å². The fraction of sp³-hybridized carbons (Fsp3) is 0.571. The zero-order valence-corrected chi connectivity index (χ0v) is 11.1. The van der Waals surface area contributed by atoms with E-state index in [0.717, 1.165) is 30.9 Å². The van der Waals surface area contributed by atoms with Gasteiger partial charge in [0.2, 0.25) is 0 Å². The SMILES string of the molecule is COc1cccc(C(O)CN2CCNC(C)C2)c1. The van der Waals surface area contributed by atoms with Gasteiger partial charge in [0.05, 0.1) is 13.2 Å². The Labute approximate surface area is 109 Å². The second-order valence-electron chi connectivity index (χ2n) is 4.91. The van der Waals surface area contributed by atoms with E-state index >= 15 is 0 Å². The number of nitrogens with zero attached hydrogens (tertiary/aromatic N) is 1. The second-order valence-corrected chi connectivity index (χ2v) is 4.91. The van der Waals surface area contributed by atoms with Gasteiger partial charge < -0.3 is 15.2 Å². The van der Waals surface area contributed by atoms with Crippen molar-refractivity contribution in [3.05, 3.63) is 29.8 Å². The quantitative estimate of drug-likeness (QED) is 0.837. The molecule has 1 aliphatic heterocycles. The smallest absolute Gasteiger partial charge is 0.119 e. The molecule has 100 valence electrons. The Balaban J connectivity index is 1.95. The minimum atomic E-state index is -0.453. The Morgan fingerprint density at radius 2 is 2.39 bits per heavy atom. The zero-order chi connectivity index (χ0) is 13.0. The van der Waals surface area contributed by atoms with Gasteiger partial charge >= 0.3 is 0 Å².